The van der Waals surface area contributed by atoms with Crippen molar-refractivity contribution in [1.29, 1.82) is 0 Å². The number of ether oxygens (including phenoxy) is 2. The topological polar surface area (TPSA) is 31.4 Å². The van der Waals surface area contributed by atoms with Gasteiger partial charge in [0.05, 0.1) is 16.1 Å². The Morgan fingerprint density at radius 2 is 1.63 bits per heavy atom. The molecule has 0 unspecified atom stereocenters. The van der Waals surface area contributed by atoms with Crippen LogP contribution in [0.5, 0.6) is 11.5 Å². The highest BCUT2D eigenvalue weighted by molar-refractivity contribution is 6.40. The first-order valence-corrected chi connectivity index (χ1v) is 6.48. The molecule has 4 rings (SSSR count). The molecule has 0 bridgehead atoms. The largest absolute Gasteiger partial charge is 0.486 e. The zero-order chi connectivity index (χ0) is 12.8. The summed E-state index contributed by atoms with van der Waals surface area (Å²) in [6.45, 7) is 1.14. The molecule has 0 radical (unpaired) electrons. The smallest absolute Gasteiger partial charge is 0.163 e. The maximum absolute atomic E-state index is 6.48. The second-order valence-electron chi connectivity index (χ2n) is 4.46. The molecule has 1 aliphatic heterocycles. The van der Waals surface area contributed by atoms with Gasteiger partial charge in [0.25, 0.3) is 0 Å². The molecule has 0 fully saturated rings. The number of hydrogen-bond acceptors (Lipinski definition) is 3. The number of halogens is 1. The van der Waals surface area contributed by atoms with Crippen LogP contribution in [0.4, 0.5) is 0 Å². The zero-order valence-electron chi connectivity index (χ0n) is 10.0. The zero-order valence-corrected chi connectivity index (χ0v) is 10.8. The number of aromatic nitrogens is 1. The van der Waals surface area contributed by atoms with E-state index in [2.05, 4.69) is 4.98 Å². The van der Waals surface area contributed by atoms with Crippen LogP contribution in [0.15, 0.2) is 36.4 Å². The van der Waals surface area contributed by atoms with Crippen molar-refractivity contribution >= 4 is 33.4 Å². The van der Waals surface area contributed by atoms with Crippen LogP contribution in [0.3, 0.4) is 0 Å². The van der Waals surface area contributed by atoms with Gasteiger partial charge in [-0.25, -0.2) is 4.98 Å². The molecule has 94 valence electrons. The molecule has 0 aliphatic carbocycles. The maximum atomic E-state index is 6.48. The Labute approximate surface area is 114 Å². The number of nitrogens with zero attached hydrogens (tertiary/aromatic N) is 1. The second-order valence-corrected chi connectivity index (χ2v) is 4.83. The fourth-order valence-corrected chi connectivity index (χ4v) is 2.69. The molecule has 2 heterocycles. The minimum Gasteiger partial charge on any atom is -0.486 e. The lowest BCUT2D eigenvalue weighted by atomic mass is 10.1. The van der Waals surface area contributed by atoms with E-state index in [0.717, 1.165) is 33.3 Å². The van der Waals surface area contributed by atoms with Gasteiger partial charge >= 0.3 is 0 Å². The number of hydrogen-bond donors (Lipinski definition) is 0. The average Bonchev–Trinajstić information content (AvgIpc) is 2.46. The van der Waals surface area contributed by atoms with Crippen LogP contribution in [0.1, 0.15) is 0 Å². The fourth-order valence-electron chi connectivity index (χ4n) is 2.38. The van der Waals surface area contributed by atoms with Gasteiger partial charge in [-0.2, -0.15) is 0 Å². The predicted molar refractivity (Wildman–Crippen MR) is 75.2 cm³/mol. The molecule has 19 heavy (non-hydrogen) atoms. The summed E-state index contributed by atoms with van der Waals surface area (Å²) in [6, 6.07) is 11.6. The molecule has 0 amide bonds. The number of fused-ring (bicyclic) bond motifs is 3. The maximum Gasteiger partial charge on any atom is 0.163 e. The SMILES string of the molecule is Clc1c2ccccc2nc2cc3c(cc12)OCCO3. The highest BCUT2D eigenvalue weighted by Gasteiger charge is 2.15. The van der Waals surface area contributed by atoms with E-state index in [4.69, 9.17) is 21.1 Å². The van der Waals surface area contributed by atoms with E-state index in [1.807, 2.05) is 36.4 Å². The molecule has 1 aliphatic rings. The normalized spacial score (nSPS) is 13.9. The van der Waals surface area contributed by atoms with E-state index in [-0.39, 0.29) is 0 Å². The van der Waals surface area contributed by atoms with Gasteiger partial charge in [-0.05, 0) is 12.1 Å². The van der Waals surface area contributed by atoms with Gasteiger partial charge in [0, 0.05) is 16.8 Å². The molecular weight excluding hydrogens is 262 g/mol. The Hall–Kier alpha value is -2.00. The van der Waals surface area contributed by atoms with Crippen LogP contribution in [-0.4, -0.2) is 18.2 Å². The Balaban J connectivity index is 2.12. The van der Waals surface area contributed by atoms with Gasteiger partial charge in [0.1, 0.15) is 13.2 Å². The molecule has 0 atom stereocenters. The molecule has 3 aromatic rings. The molecule has 0 N–H and O–H groups in total. The molecule has 1 aromatic heterocycles. The number of benzene rings is 2. The summed E-state index contributed by atoms with van der Waals surface area (Å²) in [5, 5.41) is 2.55. The van der Waals surface area contributed by atoms with E-state index in [1.165, 1.54) is 0 Å². The number of para-hydroxylation sites is 1. The van der Waals surface area contributed by atoms with Crippen LogP contribution in [0.25, 0.3) is 21.8 Å². The second kappa shape index (κ2) is 4.00. The number of rotatable bonds is 0. The Bertz CT molecular complexity index is 801. The van der Waals surface area contributed by atoms with Crippen molar-refractivity contribution in [1.82, 2.24) is 4.98 Å². The molecule has 0 spiro atoms. The quantitative estimate of drug-likeness (QED) is 0.583. The fraction of sp³-hybridized carbons (Fsp3) is 0.133. The van der Waals surface area contributed by atoms with Crippen LogP contribution in [0, 0.1) is 0 Å². The molecule has 4 heteroatoms. The lowest BCUT2D eigenvalue weighted by Gasteiger charge is -2.19. The molecule has 3 nitrogen and oxygen atoms in total. The summed E-state index contributed by atoms with van der Waals surface area (Å²) in [4.78, 5) is 4.63. The monoisotopic (exact) mass is 271 g/mol. The van der Waals surface area contributed by atoms with Crippen molar-refractivity contribution in [2.45, 2.75) is 0 Å². The molecular formula is C15H10ClNO2. The van der Waals surface area contributed by atoms with Crippen molar-refractivity contribution in [3.05, 3.63) is 41.4 Å². The first-order chi connectivity index (χ1) is 9.33. The highest BCUT2D eigenvalue weighted by Crippen LogP contribution is 2.38. The van der Waals surface area contributed by atoms with Crippen molar-refractivity contribution in [3.8, 4) is 11.5 Å². The summed E-state index contributed by atoms with van der Waals surface area (Å²) in [5.41, 5.74) is 1.71. The van der Waals surface area contributed by atoms with Crippen LogP contribution in [0.2, 0.25) is 5.02 Å². The first-order valence-electron chi connectivity index (χ1n) is 6.10. The molecule has 0 saturated heterocycles. The highest BCUT2D eigenvalue weighted by atomic mass is 35.5. The summed E-state index contributed by atoms with van der Waals surface area (Å²) in [6.07, 6.45) is 0. The van der Waals surface area contributed by atoms with Gasteiger partial charge in [-0.15, -0.1) is 0 Å². The van der Waals surface area contributed by atoms with E-state index in [9.17, 15) is 0 Å². The third-order valence-electron chi connectivity index (χ3n) is 3.28. The summed E-state index contributed by atoms with van der Waals surface area (Å²) >= 11 is 6.48. The summed E-state index contributed by atoms with van der Waals surface area (Å²) in [7, 11) is 0. The first kappa shape index (κ1) is 10.9. The van der Waals surface area contributed by atoms with E-state index in [0.29, 0.717) is 18.2 Å². The van der Waals surface area contributed by atoms with Crippen LogP contribution >= 0.6 is 11.6 Å². The molecule has 2 aromatic carbocycles. The van der Waals surface area contributed by atoms with Gasteiger partial charge in [0.2, 0.25) is 0 Å². The van der Waals surface area contributed by atoms with Crippen molar-refractivity contribution in [2.24, 2.45) is 0 Å². The predicted octanol–water partition coefficient (Wildman–Crippen LogP) is 3.81. The van der Waals surface area contributed by atoms with Gasteiger partial charge in [-0.3, -0.25) is 0 Å². The molecule has 0 saturated carbocycles. The minimum atomic E-state index is 0.567. The lowest BCUT2D eigenvalue weighted by Crippen LogP contribution is -2.15. The lowest BCUT2D eigenvalue weighted by molar-refractivity contribution is 0.172. The van der Waals surface area contributed by atoms with Gasteiger partial charge < -0.3 is 9.47 Å². The van der Waals surface area contributed by atoms with Gasteiger partial charge in [0.15, 0.2) is 11.5 Å². The standard InChI is InChI=1S/C15H10ClNO2/c16-15-9-3-1-2-4-11(9)17-12-8-14-13(7-10(12)15)18-5-6-19-14/h1-4,7-8H,5-6H2. The van der Waals surface area contributed by atoms with E-state index >= 15 is 0 Å². The van der Waals surface area contributed by atoms with Crippen LogP contribution in [-0.2, 0) is 0 Å². The van der Waals surface area contributed by atoms with E-state index < -0.39 is 0 Å². The van der Waals surface area contributed by atoms with Crippen molar-refractivity contribution < 1.29 is 9.47 Å². The van der Waals surface area contributed by atoms with Crippen LogP contribution < -0.4 is 9.47 Å². The Morgan fingerprint density at radius 1 is 0.895 bits per heavy atom. The van der Waals surface area contributed by atoms with Gasteiger partial charge in [-0.1, -0.05) is 29.8 Å². The third kappa shape index (κ3) is 1.62. The van der Waals surface area contributed by atoms with Crippen molar-refractivity contribution in [2.75, 3.05) is 13.2 Å². The number of pyridine rings is 1. The van der Waals surface area contributed by atoms with E-state index in [1.54, 1.807) is 0 Å². The minimum absolute atomic E-state index is 0.567. The summed E-state index contributed by atoms with van der Waals surface area (Å²) in [5.74, 6) is 1.47. The third-order valence-corrected chi connectivity index (χ3v) is 3.69. The average molecular weight is 272 g/mol. The Morgan fingerprint density at radius 3 is 2.47 bits per heavy atom. The summed E-state index contributed by atoms with van der Waals surface area (Å²) < 4.78 is 11.2. The van der Waals surface area contributed by atoms with Crippen molar-refractivity contribution in [3.63, 3.8) is 0 Å². The Kier molecular flexibility index (Phi) is 2.29.